The van der Waals surface area contributed by atoms with E-state index in [0.29, 0.717) is 5.54 Å². The van der Waals surface area contributed by atoms with Gasteiger partial charge in [0.2, 0.25) is 0 Å². The van der Waals surface area contributed by atoms with E-state index in [9.17, 15) is 0 Å². The van der Waals surface area contributed by atoms with Crippen LogP contribution in [0.5, 0.6) is 0 Å². The smallest absolute Gasteiger partial charge is 0.0244 e. The normalized spacial score (nSPS) is 36.9. The average molecular weight is 223 g/mol. The Labute approximate surface area is 99.2 Å². The number of nitrogens with one attached hydrogen (secondary N) is 1. The average Bonchev–Trinajstić information content (AvgIpc) is 2.67. The Kier molecular flexibility index (Phi) is 2.54. The molecule has 0 amide bonds. The van der Waals surface area contributed by atoms with Crippen LogP contribution < -0.4 is 5.32 Å². The van der Waals surface area contributed by atoms with Gasteiger partial charge in [-0.1, -0.05) is 0 Å². The number of hydrogen-bond acceptors (Lipinski definition) is 3. The van der Waals surface area contributed by atoms with Crippen molar-refractivity contribution in [3.8, 4) is 0 Å². The fourth-order valence-corrected chi connectivity index (χ4v) is 3.60. The van der Waals surface area contributed by atoms with Crippen molar-refractivity contribution in [2.24, 2.45) is 5.92 Å². The van der Waals surface area contributed by atoms with Crippen molar-refractivity contribution in [1.29, 1.82) is 0 Å². The predicted octanol–water partition coefficient (Wildman–Crippen LogP) is 0.763. The Morgan fingerprint density at radius 1 is 1.12 bits per heavy atom. The molecule has 16 heavy (non-hydrogen) atoms. The second-order valence-corrected chi connectivity index (χ2v) is 6.84. The van der Waals surface area contributed by atoms with Crippen LogP contribution in [0.2, 0.25) is 0 Å². The highest BCUT2D eigenvalue weighted by atomic mass is 15.4. The van der Waals surface area contributed by atoms with Crippen LogP contribution >= 0.6 is 0 Å². The summed E-state index contributed by atoms with van der Waals surface area (Å²) in [5.74, 6) is 0.933. The highest BCUT2D eigenvalue weighted by Crippen LogP contribution is 2.35. The fourth-order valence-electron chi connectivity index (χ4n) is 3.60. The van der Waals surface area contributed by atoms with E-state index in [-0.39, 0.29) is 0 Å². The van der Waals surface area contributed by atoms with Crippen LogP contribution in [0.4, 0.5) is 0 Å². The summed E-state index contributed by atoms with van der Waals surface area (Å²) in [6.45, 7) is 13.5. The first-order valence-electron chi connectivity index (χ1n) is 6.75. The summed E-state index contributed by atoms with van der Waals surface area (Å²) in [7, 11) is 0. The summed E-state index contributed by atoms with van der Waals surface area (Å²) in [5, 5.41) is 3.38. The summed E-state index contributed by atoms with van der Waals surface area (Å²) >= 11 is 0. The van der Waals surface area contributed by atoms with Crippen LogP contribution in [0.3, 0.4) is 0 Å². The zero-order chi connectivity index (χ0) is 11.3. The first kappa shape index (κ1) is 11.0. The minimum absolute atomic E-state index is 0.365. The molecular formula is C13H25N3. The molecule has 3 aliphatic rings. The molecule has 0 aromatic carbocycles. The van der Waals surface area contributed by atoms with Gasteiger partial charge in [-0.3, -0.25) is 9.80 Å². The lowest BCUT2D eigenvalue weighted by Crippen LogP contribution is -2.56. The molecule has 3 aliphatic heterocycles. The van der Waals surface area contributed by atoms with Crippen molar-refractivity contribution in [3.63, 3.8) is 0 Å². The molecule has 0 aliphatic carbocycles. The maximum absolute atomic E-state index is 3.38. The minimum atomic E-state index is 0.365. The van der Waals surface area contributed by atoms with E-state index in [1.54, 1.807) is 0 Å². The van der Waals surface area contributed by atoms with Gasteiger partial charge in [0.15, 0.2) is 0 Å². The fraction of sp³-hybridized carbons (Fsp3) is 1.00. The number of likely N-dealkylation sites (tertiary alicyclic amines) is 2. The van der Waals surface area contributed by atoms with Crippen molar-refractivity contribution in [1.82, 2.24) is 15.1 Å². The molecule has 2 bridgehead atoms. The Bertz CT molecular complexity index is 267. The molecule has 2 unspecified atom stereocenters. The summed E-state index contributed by atoms with van der Waals surface area (Å²) in [4.78, 5) is 5.46. The van der Waals surface area contributed by atoms with Gasteiger partial charge in [-0.2, -0.15) is 0 Å². The number of nitrogens with zero attached hydrogens (tertiary/aromatic N) is 2. The summed E-state index contributed by atoms with van der Waals surface area (Å²) < 4.78 is 0. The molecule has 0 saturated carbocycles. The molecule has 3 heteroatoms. The zero-order valence-corrected chi connectivity index (χ0v) is 10.9. The molecule has 3 saturated heterocycles. The molecule has 2 atom stereocenters. The Balaban J connectivity index is 1.58. The van der Waals surface area contributed by atoms with Crippen LogP contribution in [0.25, 0.3) is 0 Å². The van der Waals surface area contributed by atoms with E-state index in [4.69, 9.17) is 0 Å². The van der Waals surface area contributed by atoms with E-state index >= 15 is 0 Å². The van der Waals surface area contributed by atoms with Crippen molar-refractivity contribution in [3.05, 3.63) is 0 Å². The van der Waals surface area contributed by atoms with Crippen LogP contribution in [0, 0.1) is 5.92 Å². The molecule has 3 heterocycles. The third-order valence-electron chi connectivity index (χ3n) is 4.57. The molecule has 3 fully saturated rings. The molecule has 0 spiro atoms. The largest absolute Gasteiger partial charge is 0.316 e. The molecular weight excluding hydrogens is 198 g/mol. The van der Waals surface area contributed by atoms with Gasteiger partial charge in [-0.05, 0) is 33.1 Å². The van der Waals surface area contributed by atoms with Gasteiger partial charge in [0.1, 0.15) is 0 Å². The van der Waals surface area contributed by atoms with E-state index in [1.807, 2.05) is 0 Å². The van der Waals surface area contributed by atoms with E-state index < -0.39 is 0 Å². The van der Waals surface area contributed by atoms with Crippen molar-refractivity contribution in [2.45, 2.75) is 44.8 Å². The van der Waals surface area contributed by atoms with E-state index in [0.717, 1.165) is 18.0 Å². The first-order chi connectivity index (χ1) is 7.54. The maximum atomic E-state index is 3.38. The number of piperazine rings is 1. The number of hydrogen-bond donors (Lipinski definition) is 1. The third kappa shape index (κ3) is 1.79. The summed E-state index contributed by atoms with van der Waals surface area (Å²) in [5.41, 5.74) is 0.365. The molecule has 92 valence electrons. The lowest BCUT2D eigenvalue weighted by atomic mass is 10.0. The number of rotatable bonds is 2. The van der Waals surface area contributed by atoms with Crippen molar-refractivity contribution >= 4 is 0 Å². The van der Waals surface area contributed by atoms with Crippen molar-refractivity contribution in [2.75, 3.05) is 32.7 Å². The molecule has 0 aromatic rings. The standard InChI is InChI=1S/C13H25N3/c1-13(2,3)16-9-11-4-12(16)8-15(11)7-10-5-14-6-10/h10-12,14H,4-9H2,1-3H3. The second-order valence-electron chi connectivity index (χ2n) is 6.84. The first-order valence-corrected chi connectivity index (χ1v) is 6.75. The quantitative estimate of drug-likeness (QED) is 0.746. The van der Waals surface area contributed by atoms with Gasteiger partial charge in [0, 0.05) is 50.3 Å². The lowest BCUT2D eigenvalue weighted by Gasteiger charge is -2.43. The molecule has 0 radical (unpaired) electrons. The van der Waals surface area contributed by atoms with Crippen LogP contribution in [0.15, 0.2) is 0 Å². The Hall–Kier alpha value is -0.120. The maximum Gasteiger partial charge on any atom is 0.0244 e. The van der Waals surface area contributed by atoms with Gasteiger partial charge >= 0.3 is 0 Å². The Morgan fingerprint density at radius 3 is 2.31 bits per heavy atom. The molecule has 0 aromatic heterocycles. The topological polar surface area (TPSA) is 18.5 Å². The van der Waals surface area contributed by atoms with Crippen LogP contribution in [-0.2, 0) is 0 Å². The van der Waals surface area contributed by atoms with Gasteiger partial charge in [-0.25, -0.2) is 0 Å². The monoisotopic (exact) mass is 223 g/mol. The highest BCUT2D eigenvalue weighted by molar-refractivity contribution is 5.03. The SMILES string of the molecule is CC(C)(C)N1CC2CC1CN2CC1CNC1. The van der Waals surface area contributed by atoms with Crippen molar-refractivity contribution < 1.29 is 0 Å². The highest BCUT2D eigenvalue weighted by Gasteiger charge is 2.47. The van der Waals surface area contributed by atoms with E-state index in [1.165, 1.54) is 39.1 Å². The van der Waals surface area contributed by atoms with Crippen LogP contribution in [0.1, 0.15) is 27.2 Å². The zero-order valence-electron chi connectivity index (χ0n) is 10.9. The van der Waals surface area contributed by atoms with Gasteiger partial charge in [0.05, 0.1) is 0 Å². The summed E-state index contributed by atoms with van der Waals surface area (Å²) in [6, 6.07) is 1.68. The van der Waals surface area contributed by atoms with Crippen LogP contribution in [-0.4, -0.2) is 60.1 Å². The van der Waals surface area contributed by atoms with Gasteiger partial charge in [-0.15, -0.1) is 0 Å². The van der Waals surface area contributed by atoms with Gasteiger partial charge in [0.25, 0.3) is 0 Å². The lowest BCUT2D eigenvalue weighted by molar-refractivity contribution is 0.0469. The van der Waals surface area contributed by atoms with E-state index in [2.05, 4.69) is 35.9 Å². The Morgan fingerprint density at radius 2 is 1.88 bits per heavy atom. The predicted molar refractivity (Wildman–Crippen MR) is 66.6 cm³/mol. The molecule has 3 nitrogen and oxygen atoms in total. The van der Waals surface area contributed by atoms with Gasteiger partial charge < -0.3 is 5.32 Å². The summed E-state index contributed by atoms with van der Waals surface area (Å²) in [6.07, 6.45) is 1.41. The molecule has 1 N–H and O–H groups in total. The minimum Gasteiger partial charge on any atom is -0.316 e. The molecule has 3 rings (SSSR count). The third-order valence-corrected chi connectivity index (χ3v) is 4.57. The second kappa shape index (κ2) is 3.69. The number of fused-ring (bicyclic) bond motifs is 2.